The Balaban J connectivity index is 3.09. The van der Waals surface area contributed by atoms with Crippen molar-refractivity contribution >= 4 is 0 Å². The van der Waals surface area contributed by atoms with Gasteiger partial charge in [0.1, 0.15) is 0 Å². The van der Waals surface area contributed by atoms with Gasteiger partial charge in [-0.05, 0) is 12.8 Å². The lowest BCUT2D eigenvalue weighted by molar-refractivity contribution is 0.886. The van der Waals surface area contributed by atoms with Gasteiger partial charge in [0.05, 0.1) is 0 Å². The maximum atomic E-state index is 11.7. The molecule has 0 radical (unpaired) electrons. The number of unbranched alkanes of at least 4 members (excludes halogenated alkanes) is 2. The summed E-state index contributed by atoms with van der Waals surface area (Å²) >= 11 is 0. The predicted molar refractivity (Wildman–Crippen MR) is 71.1 cm³/mol. The van der Waals surface area contributed by atoms with Gasteiger partial charge in [-0.2, -0.15) is 0 Å². The summed E-state index contributed by atoms with van der Waals surface area (Å²) in [5.74, 6) is 5.64. The second-order valence-corrected chi connectivity index (χ2v) is 3.73. The van der Waals surface area contributed by atoms with Crippen molar-refractivity contribution in [2.24, 2.45) is 0 Å². The van der Waals surface area contributed by atoms with Gasteiger partial charge in [0.15, 0.2) is 0 Å². The van der Waals surface area contributed by atoms with Crippen LogP contribution in [-0.4, -0.2) is 9.13 Å². The van der Waals surface area contributed by atoms with Crippen molar-refractivity contribution in [2.75, 3.05) is 0 Å². The number of hydrogen-bond acceptors (Lipinski definition) is 2. The van der Waals surface area contributed by atoms with E-state index in [4.69, 9.17) is 0 Å². The fourth-order valence-corrected chi connectivity index (χ4v) is 1.18. The molecule has 4 heteroatoms. The molecular formula is C14H16N2O2. The van der Waals surface area contributed by atoms with Crippen molar-refractivity contribution in [2.45, 2.75) is 39.5 Å². The van der Waals surface area contributed by atoms with Crippen molar-refractivity contribution in [3.8, 4) is 23.9 Å². The van der Waals surface area contributed by atoms with Crippen molar-refractivity contribution in [3.05, 3.63) is 33.1 Å². The third-order valence-corrected chi connectivity index (χ3v) is 2.13. The van der Waals surface area contributed by atoms with Crippen LogP contribution >= 0.6 is 0 Å². The molecule has 0 N–H and O–H groups in total. The van der Waals surface area contributed by atoms with Crippen LogP contribution < -0.4 is 11.1 Å². The molecule has 0 saturated heterocycles. The monoisotopic (exact) mass is 244 g/mol. The van der Waals surface area contributed by atoms with E-state index in [1.54, 1.807) is 0 Å². The number of hydrogen-bond donors (Lipinski definition) is 0. The molecule has 4 nitrogen and oxygen atoms in total. The van der Waals surface area contributed by atoms with Crippen LogP contribution in [-0.2, 0) is 0 Å². The highest BCUT2D eigenvalue weighted by Gasteiger charge is 2.00. The van der Waals surface area contributed by atoms with E-state index < -0.39 is 11.1 Å². The van der Waals surface area contributed by atoms with Crippen LogP contribution in [0.3, 0.4) is 0 Å². The summed E-state index contributed by atoms with van der Waals surface area (Å²) in [5, 5.41) is 0. The minimum absolute atomic E-state index is 0.660. The first-order valence-corrected chi connectivity index (χ1v) is 6.02. The maximum absolute atomic E-state index is 11.7. The molecule has 1 heterocycles. The van der Waals surface area contributed by atoms with E-state index in [9.17, 15) is 9.59 Å². The van der Waals surface area contributed by atoms with Gasteiger partial charge in [-0.15, -0.1) is 0 Å². The van der Waals surface area contributed by atoms with Crippen LogP contribution in [0.4, 0.5) is 0 Å². The Hall–Kier alpha value is -2.20. The number of rotatable bonds is 2. The van der Waals surface area contributed by atoms with E-state index in [-0.39, 0.29) is 0 Å². The molecule has 94 valence electrons. The fraction of sp³-hybridized carbons (Fsp3) is 0.429. The van der Waals surface area contributed by atoms with Crippen molar-refractivity contribution in [3.63, 3.8) is 0 Å². The summed E-state index contributed by atoms with van der Waals surface area (Å²) in [7, 11) is 0. The number of aromatic nitrogens is 2. The molecular weight excluding hydrogens is 228 g/mol. The Morgan fingerprint density at radius 1 is 0.889 bits per heavy atom. The molecule has 0 aromatic carbocycles. The summed E-state index contributed by atoms with van der Waals surface area (Å²) in [6.45, 7) is 4.00. The fourth-order valence-electron chi connectivity index (χ4n) is 1.18. The van der Waals surface area contributed by atoms with E-state index in [2.05, 4.69) is 23.9 Å². The lowest BCUT2D eigenvalue weighted by atomic mass is 10.3. The van der Waals surface area contributed by atoms with E-state index in [1.807, 2.05) is 13.8 Å². The zero-order valence-corrected chi connectivity index (χ0v) is 10.7. The Morgan fingerprint density at radius 2 is 1.28 bits per heavy atom. The normalized spacial score (nSPS) is 9.00. The van der Waals surface area contributed by atoms with Gasteiger partial charge in [0, 0.05) is 37.3 Å². The average Bonchev–Trinajstić information content (AvgIpc) is 2.37. The van der Waals surface area contributed by atoms with Crippen LogP contribution in [0.5, 0.6) is 0 Å². The van der Waals surface area contributed by atoms with Gasteiger partial charge in [-0.3, -0.25) is 9.59 Å². The van der Waals surface area contributed by atoms with Gasteiger partial charge < -0.3 is 0 Å². The highest BCUT2D eigenvalue weighted by molar-refractivity contribution is 5.09. The summed E-state index contributed by atoms with van der Waals surface area (Å²) in [5.41, 5.74) is -1.32. The first kappa shape index (κ1) is 13.9. The zero-order valence-electron chi connectivity index (χ0n) is 10.7. The SMILES string of the molecule is CCCC#Cn1ccn(C#CCCC)c(=O)c1=O. The van der Waals surface area contributed by atoms with Crippen molar-refractivity contribution < 1.29 is 0 Å². The van der Waals surface area contributed by atoms with Gasteiger partial charge >= 0.3 is 11.1 Å². The summed E-state index contributed by atoms with van der Waals surface area (Å²) in [4.78, 5) is 23.4. The topological polar surface area (TPSA) is 44.0 Å². The van der Waals surface area contributed by atoms with E-state index in [0.29, 0.717) is 12.8 Å². The maximum Gasteiger partial charge on any atom is 0.329 e. The predicted octanol–water partition coefficient (Wildman–Crippen LogP) is 1.23. The van der Waals surface area contributed by atoms with E-state index >= 15 is 0 Å². The molecule has 0 spiro atoms. The van der Waals surface area contributed by atoms with Crippen molar-refractivity contribution in [1.29, 1.82) is 0 Å². The molecule has 0 aliphatic heterocycles. The average molecular weight is 244 g/mol. The Bertz CT molecular complexity index is 573. The van der Waals surface area contributed by atoms with Crippen LogP contribution in [0.2, 0.25) is 0 Å². The third kappa shape index (κ3) is 3.68. The standard InChI is InChI=1S/C14H16N2O2/c1-3-5-7-9-15-11-12-16(10-8-6-4-2)14(18)13(15)17/h11-12H,3-6H2,1-2H3. The largest absolute Gasteiger partial charge is 0.329 e. The lowest BCUT2D eigenvalue weighted by Crippen LogP contribution is -2.38. The number of nitrogens with zero attached hydrogens (tertiary/aromatic N) is 2. The summed E-state index contributed by atoms with van der Waals surface area (Å²) in [6, 6.07) is 5.28. The molecule has 1 rings (SSSR count). The smallest absolute Gasteiger partial charge is 0.262 e. The molecule has 0 unspecified atom stereocenters. The van der Waals surface area contributed by atoms with Gasteiger partial charge in [-0.25, -0.2) is 9.13 Å². The molecule has 1 aromatic heterocycles. The molecule has 18 heavy (non-hydrogen) atoms. The summed E-state index contributed by atoms with van der Waals surface area (Å²) < 4.78 is 2.21. The molecule has 0 aliphatic carbocycles. The molecule has 0 amide bonds. The quantitative estimate of drug-likeness (QED) is 0.580. The third-order valence-electron chi connectivity index (χ3n) is 2.13. The summed E-state index contributed by atoms with van der Waals surface area (Å²) in [6.07, 6.45) is 6.17. The molecule has 0 aliphatic rings. The van der Waals surface area contributed by atoms with E-state index in [0.717, 1.165) is 22.0 Å². The molecule has 0 bridgehead atoms. The first-order valence-electron chi connectivity index (χ1n) is 6.02. The Morgan fingerprint density at radius 3 is 1.61 bits per heavy atom. The minimum atomic E-state index is -0.660. The van der Waals surface area contributed by atoms with Crippen LogP contribution in [0.15, 0.2) is 22.0 Å². The lowest BCUT2D eigenvalue weighted by Gasteiger charge is -1.96. The molecule has 1 aromatic rings. The highest BCUT2D eigenvalue weighted by atomic mass is 16.2. The van der Waals surface area contributed by atoms with Gasteiger partial charge in [-0.1, -0.05) is 25.7 Å². The Kier molecular flexibility index (Phi) is 5.54. The first-order chi connectivity index (χ1) is 8.70. The van der Waals surface area contributed by atoms with E-state index in [1.165, 1.54) is 12.4 Å². The minimum Gasteiger partial charge on any atom is -0.262 e. The van der Waals surface area contributed by atoms with Crippen LogP contribution in [0.25, 0.3) is 0 Å². The Labute approximate surface area is 106 Å². The second-order valence-electron chi connectivity index (χ2n) is 3.73. The van der Waals surface area contributed by atoms with Crippen molar-refractivity contribution in [1.82, 2.24) is 9.13 Å². The van der Waals surface area contributed by atoms with Gasteiger partial charge in [0.2, 0.25) is 0 Å². The second kappa shape index (κ2) is 7.19. The zero-order chi connectivity index (χ0) is 13.4. The van der Waals surface area contributed by atoms with Crippen LogP contribution in [0, 0.1) is 23.9 Å². The molecule has 0 fully saturated rings. The van der Waals surface area contributed by atoms with Gasteiger partial charge in [0.25, 0.3) is 0 Å². The molecule has 0 saturated carbocycles. The highest BCUT2D eigenvalue weighted by Crippen LogP contribution is 1.83. The molecule has 0 atom stereocenters. The van der Waals surface area contributed by atoms with Crippen LogP contribution in [0.1, 0.15) is 39.5 Å².